The van der Waals surface area contributed by atoms with Crippen molar-refractivity contribution in [1.29, 1.82) is 0 Å². The second kappa shape index (κ2) is 6.70. The molecule has 1 aromatic rings. The zero-order valence-corrected chi connectivity index (χ0v) is 12.3. The van der Waals surface area contributed by atoms with E-state index in [1.165, 1.54) is 5.56 Å². The number of rotatable bonds is 6. The molecule has 0 radical (unpaired) electrons. The molecule has 1 amide bonds. The van der Waals surface area contributed by atoms with Crippen LogP contribution in [0.3, 0.4) is 0 Å². The highest BCUT2D eigenvalue weighted by molar-refractivity contribution is 5.78. The third kappa shape index (κ3) is 3.70. The minimum atomic E-state index is -0.206. The van der Waals surface area contributed by atoms with Crippen LogP contribution in [-0.4, -0.2) is 30.5 Å². The molecule has 1 aliphatic rings. The predicted molar refractivity (Wildman–Crippen MR) is 80.3 cm³/mol. The Balaban J connectivity index is 2.02. The van der Waals surface area contributed by atoms with Crippen LogP contribution in [0.25, 0.3) is 0 Å². The van der Waals surface area contributed by atoms with Crippen molar-refractivity contribution >= 4 is 11.7 Å². The Morgan fingerprint density at radius 1 is 1.60 bits per heavy atom. The van der Waals surface area contributed by atoms with Gasteiger partial charge in [-0.25, -0.2) is 4.98 Å². The van der Waals surface area contributed by atoms with Crippen molar-refractivity contribution in [2.45, 2.75) is 26.8 Å². The quantitative estimate of drug-likeness (QED) is 0.817. The number of nitrogens with one attached hydrogen (secondary N) is 1. The molecule has 2 heterocycles. The van der Waals surface area contributed by atoms with Crippen molar-refractivity contribution in [2.24, 2.45) is 17.6 Å². The maximum atomic E-state index is 11.3. The molecule has 5 heteroatoms. The number of pyridine rings is 1. The number of hydrogen-bond donors (Lipinski definition) is 2. The second-order valence-electron chi connectivity index (χ2n) is 5.84. The van der Waals surface area contributed by atoms with E-state index in [2.05, 4.69) is 35.1 Å². The largest absolute Gasteiger partial charge is 0.369 e. The standard InChI is InChI=1S/C15H24N4O/c1-11(2)8-17-9-12-4-3-6-18-15(12)19-7-5-13(10-19)14(16)20/h3-4,6,11,13,17H,5,7-10H2,1-2H3,(H2,16,20). The number of nitrogens with two attached hydrogens (primary N) is 1. The van der Waals surface area contributed by atoms with Gasteiger partial charge in [-0.1, -0.05) is 19.9 Å². The predicted octanol–water partition coefficient (Wildman–Crippen LogP) is 1.14. The number of anilines is 1. The van der Waals surface area contributed by atoms with E-state index in [0.717, 1.165) is 31.9 Å². The number of carbonyl (C=O) groups is 1. The molecule has 1 aliphatic heterocycles. The minimum Gasteiger partial charge on any atom is -0.369 e. The number of carbonyl (C=O) groups excluding carboxylic acids is 1. The molecule has 1 atom stereocenters. The van der Waals surface area contributed by atoms with E-state index in [9.17, 15) is 4.79 Å². The fraction of sp³-hybridized carbons (Fsp3) is 0.600. The van der Waals surface area contributed by atoms with Crippen molar-refractivity contribution in [3.63, 3.8) is 0 Å². The van der Waals surface area contributed by atoms with Gasteiger partial charge in [0.05, 0.1) is 5.92 Å². The summed E-state index contributed by atoms with van der Waals surface area (Å²) in [4.78, 5) is 17.9. The summed E-state index contributed by atoms with van der Waals surface area (Å²) in [5, 5.41) is 3.44. The number of aromatic nitrogens is 1. The summed E-state index contributed by atoms with van der Waals surface area (Å²) in [7, 11) is 0. The molecular weight excluding hydrogens is 252 g/mol. The Morgan fingerprint density at radius 2 is 2.40 bits per heavy atom. The molecule has 1 unspecified atom stereocenters. The molecule has 1 aromatic heterocycles. The molecule has 1 saturated heterocycles. The maximum absolute atomic E-state index is 11.3. The van der Waals surface area contributed by atoms with E-state index in [1.807, 2.05) is 6.07 Å². The maximum Gasteiger partial charge on any atom is 0.222 e. The summed E-state index contributed by atoms with van der Waals surface area (Å²) in [5.41, 5.74) is 6.57. The SMILES string of the molecule is CC(C)CNCc1cccnc1N1CCC(C(N)=O)C1. The van der Waals surface area contributed by atoms with Gasteiger partial charge < -0.3 is 16.0 Å². The highest BCUT2D eigenvalue weighted by Gasteiger charge is 2.28. The van der Waals surface area contributed by atoms with Crippen LogP contribution in [0.1, 0.15) is 25.8 Å². The smallest absolute Gasteiger partial charge is 0.222 e. The number of primary amides is 1. The van der Waals surface area contributed by atoms with Gasteiger partial charge in [-0.3, -0.25) is 4.79 Å². The van der Waals surface area contributed by atoms with Crippen LogP contribution in [0.2, 0.25) is 0 Å². The van der Waals surface area contributed by atoms with Crippen LogP contribution in [0.15, 0.2) is 18.3 Å². The number of hydrogen-bond acceptors (Lipinski definition) is 4. The van der Waals surface area contributed by atoms with Gasteiger partial charge >= 0.3 is 0 Å². The van der Waals surface area contributed by atoms with E-state index < -0.39 is 0 Å². The average Bonchev–Trinajstić information content (AvgIpc) is 2.88. The number of amides is 1. The van der Waals surface area contributed by atoms with Gasteiger partial charge in [-0.2, -0.15) is 0 Å². The second-order valence-corrected chi connectivity index (χ2v) is 5.84. The lowest BCUT2D eigenvalue weighted by Crippen LogP contribution is -2.29. The summed E-state index contributed by atoms with van der Waals surface area (Å²) < 4.78 is 0. The molecule has 0 aromatic carbocycles. The first-order valence-electron chi connectivity index (χ1n) is 7.26. The monoisotopic (exact) mass is 276 g/mol. The van der Waals surface area contributed by atoms with E-state index in [-0.39, 0.29) is 11.8 Å². The van der Waals surface area contributed by atoms with Gasteiger partial charge in [0.1, 0.15) is 5.82 Å². The molecule has 0 saturated carbocycles. The normalized spacial score (nSPS) is 18.8. The molecule has 0 bridgehead atoms. The van der Waals surface area contributed by atoms with Crippen molar-refractivity contribution in [3.8, 4) is 0 Å². The molecular formula is C15H24N4O. The van der Waals surface area contributed by atoms with E-state index in [0.29, 0.717) is 12.5 Å². The van der Waals surface area contributed by atoms with E-state index >= 15 is 0 Å². The Kier molecular flexibility index (Phi) is 4.95. The Hall–Kier alpha value is -1.62. The van der Waals surface area contributed by atoms with Gasteiger partial charge in [-0.05, 0) is 24.9 Å². The molecule has 1 fully saturated rings. The molecule has 0 aliphatic carbocycles. The lowest BCUT2D eigenvalue weighted by Gasteiger charge is -2.20. The molecule has 20 heavy (non-hydrogen) atoms. The summed E-state index contributed by atoms with van der Waals surface area (Å²) in [5.74, 6) is 1.35. The summed E-state index contributed by atoms with van der Waals surface area (Å²) >= 11 is 0. The van der Waals surface area contributed by atoms with Crippen LogP contribution < -0.4 is 16.0 Å². The number of nitrogens with zero attached hydrogens (tertiary/aromatic N) is 2. The van der Waals surface area contributed by atoms with E-state index in [4.69, 9.17) is 5.73 Å². The Labute approximate surface area is 120 Å². The highest BCUT2D eigenvalue weighted by atomic mass is 16.1. The van der Waals surface area contributed by atoms with Crippen molar-refractivity contribution in [2.75, 3.05) is 24.5 Å². The summed E-state index contributed by atoms with van der Waals surface area (Å²) in [6.45, 7) is 7.70. The third-order valence-corrected chi connectivity index (χ3v) is 3.63. The van der Waals surface area contributed by atoms with E-state index in [1.54, 1.807) is 6.20 Å². The van der Waals surface area contributed by atoms with Crippen LogP contribution in [0, 0.1) is 11.8 Å². The topological polar surface area (TPSA) is 71.2 Å². The fourth-order valence-corrected chi connectivity index (χ4v) is 2.53. The van der Waals surface area contributed by atoms with Gasteiger partial charge in [0.25, 0.3) is 0 Å². The minimum absolute atomic E-state index is 0.0477. The first kappa shape index (κ1) is 14.8. The van der Waals surface area contributed by atoms with Crippen molar-refractivity contribution in [1.82, 2.24) is 10.3 Å². The average molecular weight is 276 g/mol. The van der Waals surface area contributed by atoms with Crippen LogP contribution >= 0.6 is 0 Å². The highest BCUT2D eigenvalue weighted by Crippen LogP contribution is 2.24. The van der Waals surface area contributed by atoms with Gasteiger partial charge in [-0.15, -0.1) is 0 Å². The summed E-state index contributed by atoms with van der Waals surface area (Å²) in [6, 6.07) is 4.05. The van der Waals surface area contributed by atoms with Crippen LogP contribution in [-0.2, 0) is 11.3 Å². The third-order valence-electron chi connectivity index (χ3n) is 3.63. The molecule has 5 nitrogen and oxygen atoms in total. The van der Waals surface area contributed by atoms with Crippen molar-refractivity contribution < 1.29 is 4.79 Å². The molecule has 0 spiro atoms. The van der Waals surface area contributed by atoms with Gasteiger partial charge in [0.15, 0.2) is 0 Å². The lowest BCUT2D eigenvalue weighted by molar-refractivity contribution is -0.121. The van der Waals surface area contributed by atoms with Gasteiger partial charge in [0, 0.05) is 31.4 Å². The van der Waals surface area contributed by atoms with Crippen molar-refractivity contribution in [3.05, 3.63) is 23.9 Å². The molecule has 110 valence electrons. The fourth-order valence-electron chi connectivity index (χ4n) is 2.53. The Bertz CT molecular complexity index is 461. The zero-order valence-electron chi connectivity index (χ0n) is 12.3. The lowest BCUT2D eigenvalue weighted by atomic mass is 10.1. The van der Waals surface area contributed by atoms with Crippen LogP contribution in [0.5, 0.6) is 0 Å². The summed E-state index contributed by atoms with van der Waals surface area (Å²) in [6.07, 6.45) is 2.63. The molecule has 3 N–H and O–H groups in total. The zero-order chi connectivity index (χ0) is 14.5. The van der Waals surface area contributed by atoms with Crippen LogP contribution in [0.4, 0.5) is 5.82 Å². The molecule has 2 rings (SSSR count). The van der Waals surface area contributed by atoms with Gasteiger partial charge in [0.2, 0.25) is 5.91 Å². The first-order chi connectivity index (χ1) is 9.58. The Morgan fingerprint density at radius 3 is 3.05 bits per heavy atom. The first-order valence-corrected chi connectivity index (χ1v) is 7.26.